The van der Waals surface area contributed by atoms with Crippen molar-refractivity contribution >= 4 is 5.91 Å². The molecule has 1 aromatic carbocycles. The van der Waals surface area contributed by atoms with Gasteiger partial charge in [-0.05, 0) is 31.0 Å². The molecule has 1 rings (SSSR count). The Balaban J connectivity index is 2.41. The number of hydrogen-bond acceptors (Lipinski definition) is 2. The summed E-state index contributed by atoms with van der Waals surface area (Å²) in [7, 11) is 0. The van der Waals surface area contributed by atoms with Crippen molar-refractivity contribution in [1.82, 2.24) is 5.32 Å². The molecule has 0 aliphatic heterocycles. The van der Waals surface area contributed by atoms with Crippen LogP contribution in [-0.4, -0.2) is 23.7 Å². The molecule has 4 heteroatoms. The Morgan fingerprint density at radius 1 is 1.56 bits per heavy atom. The van der Waals surface area contributed by atoms with Gasteiger partial charge in [0.05, 0.1) is 6.10 Å². The molecule has 0 heterocycles. The maximum atomic E-state index is 12.8. The van der Waals surface area contributed by atoms with Gasteiger partial charge < -0.3 is 10.4 Å². The van der Waals surface area contributed by atoms with Crippen LogP contribution in [0.2, 0.25) is 0 Å². The van der Waals surface area contributed by atoms with E-state index >= 15 is 0 Å². The monoisotopic (exact) mass is 225 g/mol. The van der Waals surface area contributed by atoms with Gasteiger partial charge in [0.2, 0.25) is 0 Å². The number of carbonyl (C=O) groups excluding carboxylic acids is 1. The smallest absolute Gasteiger partial charge is 0.251 e. The van der Waals surface area contributed by atoms with Crippen molar-refractivity contribution in [3.63, 3.8) is 0 Å². The largest absolute Gasteiger partial charge is 0.393 e. The third-order valence-corrected chi connectivity index (χ3v) is 2.32. The highest BCUT2D eigenvalue weighted by Gasteiger charge is 2.06. The van der Waals surface area contributed by atoms with Crippen LogP contribution in [0.5, 0.6) is 0 Å². The molecule has 0 spiro atoms. The molecule has 0 radical (unpaired) electrons. The first-order valence-corrected chi connectivity index (χ1v) is 5.35. The number of aliphatic hydroxyl groups excluding tert-OH is 1. The van der Waals surface area contributed by atoms with E-state index in [9.17, 15) is 14.3 Å². The lowest BCUT2D eigenvalue weighted by Gasteiger charge is -2.08. The summed E-state index contributed by atoms with van der Waals surface area (Å²) in [6.45, 7) is 2.27. The van der Waals surface area contributed by atoms with E-state index in [-0.39, 0.29) is 5.91 Å². The average molecular weight is 225 g/mol. The van der Waals surface area contributed by atoms with Gasteiger partial charge >= 0.3 is 0 Å². The number of hydrogen-bond donors (Lipinski definition) is 2. The molecule has 1 unspecified atom stereocenters. The third-order valence-electron chi connectivity index (χ3n) is 2.32. The summed E-state index contributed by atoms with van der Waals surface area (Å²) in [5.74, 6) is -0.746. The normalized spacial score (nSPS) is 12.2. The third kappa shape index (κ3) is 3.98. The molecular weight excluding hydrogens is 209 g/mol. The topological polar surface area (TPSA) is 49.3 Å². The molecule has 0 fully saturated rings. The molecule has 88 valence electrons. The molecule has 1 aromatic rings. The van der Waals surface area contributed by atoms with Crippen molar-refractivity contribution in [2.75, 3.05) is 6.54 Å². The van der Waals surface area contributed by atoms with E-state index < -0.39 is 11.9 Å². The molecule has 0 saturated carbocycles. The minimum atomic E-state index is -0.429. The molecular formula is C12H16FNO2. The number of nitrogens with one attached hydrogen (secondary N) is 1. The van der Waals surface area contributed by atoms with E-state index in [4.69, 9.17) is 0 Å². The van der Waals surface area contributed by atoms with Crippen LogP contribution in [0.25, 0.3) is 0 Å². The van der Waals surface area contributed by atoms with Crippen LogP contribution in [0.4, 0.5) is 4.39 Å². The minimum Gasteiger partial charge on any atom is -0.393 e. The molecule has 0 aliphatic carbocycles. The maximum absolute atomic E-state index is 12.8. The van der Waals surface area contributed by atoms with Crippen molar-refractivity contribution in [3.05, 3.63) is 35.6 Å². The fraction of sp³-hybridized carbons (Fsp3) is 0.417. The van der Waals surface area contributed by atoms with Gasteiger partial charge in [-0.3, -0.25) is 4.79 Å². The van der Waals surface area contributed by atoms with Gasteiger partial charge in [-0.1, -0.05) is 13.0 Å². The molecule has 0 aromatic heterocycles. The molecule has 0 bridgehead atoms. The highest BCUT2D eigenvalue weighted by Crippen LogP contribution is 2.03. The predicted octanol–water partition coefficient (Wildman–Crippen LogP) is 1.72. The lowest BCUT2D eigenvalue weighted by atomic mass is 10.2. The summed E-state index contributed by atoms with van der Waals surface area (Å²) in [4.78, 5) is 11.5. The number of amides is 1. The van der Waals surface area contributed by atoms with E-state index in [1.807, 2.05) is 6.92 Å². The van der Waals surface area contributed by atoms with Crippen molar-refractivity contribution in [2.45, 2.75) is 25.9 Å². The van der Waals surface area contributed by atoms with Crippen LogP contribution in [-0.2, 0) is 0 Å². The quantitative estimate of drug-likeness (QED) is 0.801. The van der Waals surface area contributed by atoms with Crippen LogP contribution in [0.3, 0.4) is 0 Å². The molecule has 2 N–H and O–H groups in total. The van der Waals surface area contributed by atoms with Crippen LogP contribution < -0.4 is 5.32 Å². The second-order valence-electron chi connectivity index (χ2n) is 3.62. The predicted molar refractivity (Wildman–Crippen MR) is 59.6 cm³/mol. The molecule has 0 aliphatic rings. The Kier molecular flexibility index (Phi) is 4.92. The van der Waals surface area contributed by atoms with Crippen LogP contribution >= 0.6 is 0 Å². The second kappa shape index (κ2) is 6.23. The van der Waals surface area contributed by atoms with Gasteiger partial charge in [-0.25, -0.2) is 4.39 Å². The molecule has 3 nitrogen and oxygen atoms in total. The Morgan fingerprint density at radius 3 is 2.94 bits per heavy atom. The first kappa shape index (κ1) is 12.6. The summed E-state index contributed by atoms with van der Waals surface area (Å²) in [5.41, 5.74) is 0.297. The highest BCUT2D eigenvalue weighted by molar-refractivity contribution is 5.94. The molecule has 1 amide bonds. The first-order chi connectivity index (χ1) is 7.63. The number of halogens is 1. The highest BCUT2D eigenvalue weighted by atomic mass is 19.1. The minimum absolute atomic E-state index is 0.297. The molecule has 16 heavy (non-hydrogen) atoms. The Bertz CT molecular complexity index is 355. The standard InChI is InChI=1S/C12H16FNO2/c1-2-11(15)6-7-14-12(16)9-4-3-5-10(13)8-9/h3-5,8,11,15H,2,6-7H2,1H3,(H,14,16). The fourth-order valence-electron chi connectivity index (χ4n) is 1.29. The SMILES string of the molecule is CCC(O)CCNC(=O)c1cccc(F)c1. The van der Waals surface area contributed by atoms with Crippen LogP contribution in [0, 0.1) is 5.82 Å². The summed E-state index contributed by atoms with van der Waals surface area (Å²) in [6.07, 6.45) is 0.778. The van der Waals surface area contributed by atoms with E-state index in [0.29, 0.717) is 24.9 Å². The zero-order chi connectivity index (χ0) is 12.0. The van der Waals surface area contributed by atoms with Gasteiger partial charge in [-0.2, -0.15) is 0 Å². The van der Waals surface area contributed by atoms with Crippen molar-refractivity contribution in [1.29, 1.82) is 0 Å². The lowest BCUT2D eigenvalue weighted by molar-refractivity contribution is 0.0941. The number of rotatable bonds is 5. The van der Waals surface area contributed by atoms with Crippen molar-refractivity contribution < 1.29 is 14.3 Å². The van der Waals surface area contributed by atoms with Gasteiger partial charge in [0.1, 0.15) is 5.82 Å². The van der Waals surface area contributed by atoms with Crippen molar-refractivity contribution in [2.24, 2.45) is 0 Å². The maximum Gasteiger partial charge on any atom is 0.251 e. The van der Waals surface area contributed by atoms with E-state index in [0.717, 1.165) is 0 Å². The zero-order valence-corrected chi connectivity index (χ0v) is 9.24. The fourth-order valence-corrected chi connectivity index (χ4v) is 1.29. The van der Waals surface area contributed by atoms with Gasteiger partial charge in [-0.15, -0.1) is 0 Å². The summed E-state index contributed by atoms with van der Waals surface area (Å²) in [6, 6.07) is 5.52. The van der Waals surface area contributed by atoms with E-state index in [1.165, 1.54) is 18.2 Å². The Labute approximate surface area is 94.3 Å². The number of aliphatic hydroxyl groups is 1. The van der Waals surface area contributed by atoms with E-state index in [2.05, 4.69) is 5.32 Å². The molecule has 1 atom stereocenters. The summed E-state index contributed by atoms with van der Waals surface area (Å²) >= 11 is 0. The number of carbonyl (C=O) groups is 1. The van der Waals surface area contributed by atoms with Gasteiger partial charge in [0, 0.05) is 12.1 Å². The Hall–Kier alpha value is -1.42. The average Bonchev–Trinajstić information content (AvgIpc) is 2.28. The second-order valence-corrected chi connectivity index (χ2v) is 3.62. The number of benzene rings is 1. The zero-order valence-electron chi connectivity index (χ0n) is 9.24. The van der Waals surface area contributed by atoms with E-state index in [1.54, 1.807) is 6.07 Å². The van der Waals surface area contributed by atoms with Gasteiger partial charge in [0.25, 0.3) is 5.91 Å². The molecule has 0 saturated heterocycles. The van der Waals surface area contributed by atoms with Crippen LogP contribution in [0.15, 0.2) is 24.3 Å². The van der Waals surface area contributed by atoms with Crippen molar-refractivity contribution in [3.8, 4) is 0 Å². The Morgan fingerprint density at radius 2 is 2.31 bits per heavy atom. The first-order valence-electron chi connectivity index (χ1n) is 5.35. The van der Waals surface area contributed by atoms with Gasteiger partial charge in [0.15, 0.2) is 0 Å². The summed E-state index contributed by atoms with van der Waals surface area (Å²) < 4.78 is 12.8. The van der Waals surface area contributed by atoms with Crippen LogP contribution in [0.1, 0.15) is 30.1 Å². The summed E-state index contributed by atoms with van der Waals surface area (Å²) in [5, 5.41) is 11.9. The lowest BCUT2D eigenvalue weighted by Crippen LogP contribution is -2.27.